The van der Waals surface area contributed by atoms with E-state index in [1.807, 2.05) is 31.0 Å². The highest BCUT2D eigenvalue weighted by Crippen LogP contribution is 2.27. The van der Waals surface area contributed by atoms with E-state index >= 15 is 0 Å². The van der Waals surface area contributed by atoms with Crippen LogP contribution in [0.4, 0.5) is 5.82 Å². The standard InChI is InChI=1S/C20H27N5O/c1-15-13-23(2)19(22-15)17-6-5-11-25(14-17)20(26)16-7-8-21-18(12-16)24-9-3-4-10-24/h7-8,12-13,17H,3-6,9-11,14H2,1-2H3/t17-/m1/s1. The van der Waals surface area contributed by atoms with Gasteiger partial charge in [-0.25, -0.2) is 9.97 Å². The summed E-state index contributed by atoms with van der Waals surface area (Å²) in [5.74, 6) is 2.45. The summed E-state index contributed by atoms with van der Waals surface area (Å²) >= 11 is 0. The molecular weight excluding hydrogens is 326 g/mol. The molecule has 4 heterocycles. The highest BCUT2D eigenvalue weighted by atomic mass is 16.2. The number of nitrogens with zero attached hydrogens (tertiary/aromatic N) is 5. The Morgan fingerprint density at radius 1 is 1.19 bits per heavy atom. The largest absolute Gasteiger partial charge is 0.357 e. The number of amides is 1. The molecule has 2 aromatic heterocycles. The van der Waals surface area contributed by atoms with Crippen LogP contribution in [0.5, 0.6) is 0 Å². The zero-order valence-corrected chi connectivity index (χ0v) is 15.7. The van der Waals surface area contributed by atoms with E-state index in [2.05, 4.69) is 25.6 Å². The number of hydrogen-bond acceptors (Lipinski definition) is 4. The van der Waals surface area contributed by atoms with Gasteiger partial charge in [0, 0.05) is 57.1 Å². The van der Waals surface area contributed by atoms with Crippen molar-refractivity contribution in [1.29, 1.82) is 0 Å². The maximum Gasteiger partial charge on any atom is 0.254 e. The molecule has 4 rings (SSSR count). The maximum absolute atomic E-state index is 13.1. The summed E-state index contributed by atoms with van der Waals surface area (Å²) in [7, 11) is 2.04. The van der Waals surface area contributed by atoms with Gasteiger partial charge in [-0.15, -0.1) is 0 Å². The molecule has 2 aliphatic heterocycles. The summed E-state index contributed by atoms with van der Waals surface area (Å²) in [6, 6.07) is 3.80. The quantitative estimate of drug-likeness (QED) is 0.851. The van der Waals surface area contributed by atoms with Crippen LogP contribution < -0.4 is 4.90 Å². The minimum atomic E-state index is 0.114. The lowest BCUT2D eigenvalue weighted by molar-refractivity contribution is 0.0703. The van der Waals surface area contributed by atoms with Crippen molar-refractivity contribution in [2.45, 2.75) is 38.5 Å². The van der Waals surface area contributed by atoms with E-state index in [1.54, 1.807) is 6.20 Å². The molecular formula is C20H27N5O. The van der Waals surface area contributed by atoms with Crippen LogP contribution in [-0.2, 0) is 7.05 Å². The van der Waals surface area contributed by atoms with Gasteiger partial charge in [0.15, 0.2) is 0 Å². The van der Waals surface area contributed by atoms with Crippen molar-refractivity contribution < 1.29 is 4.79 Å². The lowest BCUT2D eigenvalue weighted by Gasteiger charge is -2.32. The lowest BCUT2D eigenvalue weighted by Crippen LogP contribution is -2.39. The molecule has 0 unspecified atom stereocenters. The second-order valence-corrected chi connectivity index (χ2v) is 7.54. The van der Waals surface area contributed by atoms with Crippen molar-refractivity contribution in [3.63, 3.8) is 0 Å². The molecule has 1 atom stereocenters. The summed E-state index contributed by atoms with van der Waals surface area (Å²) in [6.45, 7) is 5.65. The highest BCUT2D eigenvalue weighted by molar-refractivity contribution is 5.95. The summed E-state index contributed by atoms with van der Waals surface area (Å²) in [5, 5.41) is 0. The molecule has 0 radical (unpaired) electrons. The Balaban J connectivity index is 1.51. The Labute approximate surface area is 154 Å². The van der Waals surface area contributed by atoms with Crippen LogP contribution >= 0.6 is 0 Å². The molecule has 6 nitrogen and oxygen atoms in total. The minimum Gasteiger partial charge on any atom is -0.357 e. The first kappa shape index (κ1) is 17.1. The maximum atomic E-state index is 13.1. The first-order valence-corrected chi connectivity index (χ1v) is 9.62. The van der Waals surface area contributed by atoms with Crippen LogP contribution in [0.3, 0.4) is 0 Å². The van der Waals surface area contributed by atoms with E-state index in [9.17, 15) is 4.79 Å². The smallest absolute Gasteiger partial charge is 0.254 e. The zero-order valence-electron chi connectivity index (χ0n) is 15.7. The van der Waals surface area contributed by atoms with Gasteiger partial charge in [0.05, 0.1) is 5.69 Å². The number of piperidine rings is 1. The van der Waals surface area contributed by atoms with Crippen LogP contribution in [-0.4, -0.2) is 51.5 Å². The number of hydrogen-bond donors (Lipinski definition) is 0. The van der Waals surface area contributed by atoms with Crippen molar-refractivity contribution >= 4 is 11.7 Å². The molecule has 2 aromatic rings. The van der Waals surface area contributed by atoms with Gasteiger partial charge in [-0.05, 0) is 44.7 Å². The Morgan fingerprint density at radius 3 is 2.73 bits per heavy atom. The van der Waals surface area contributed by atoms with E-state index in [0.29, 0.717) is 5.92 Å². The van der Waals surface area contributed by atoms with Crippen LogP contribution in [0, 0.1) is 6.92 Å². The highest BCUT2D eigenvalue weighted by Gasteiger charge is 2.28. The Bertz CT molecular complexity index is 793. The number of aryl methyl sites for hydroxylation is 2. The minimum absolute atomic E-state index is 0.114. The monoisotopic (exact) mass is 353 g/mol. The Hall–Kier alpha value is -2.37. The molecule has 2 aliphatic rings. The predicted molar refractivity (Wildman–Crippen MR) is 102 cm³/mol. The van der Waals surface area contributed by atoms with Crippen LogP contribution in [0.25, 0.3) is 0 Å². The van der Waals surface area contributed by atoms with Crippen LogP contribution in [0.15, 0.2) is 24.5 Å². The van der Waals surface area contributed by atoms with Gasteiger partial charge >= 0.3 is 0 Å². The molecule has 0 aromatic carbocycles. The molecule has 6 heteroatoms. The number of carbonyl (C=O) groups is 1. The number of carbonyl (C=O) groups excluding carboxylic acids is 1. The van der Waals surface area contributed by atoms with Gasteiger partial charge in [-0.3, -0.25) is 4.79 Å². The fourth-order valence-corrected chi connectivity index (χ4v) is 4.24. The topological polar surface area (TPSA) is 54.3 Å². The van der Waals surface area contributed by atoms with Crippen LogP contribution in [0.1, 0.15) is 53.5 Å². The Morgan fingerprint density at radius 2 is 2.00 bits per heavy atom. The SMILES string of the molecule is Cc1cn(C)c([C@@H]2CCCN(C(=O)c3ccnc(N4CCCC4)c3)C2)n1. The average molecular weight is 353 g/mol. The third-order valence-electron chi connectivity index (χ3n) is 5.53. The van der Waals surface area contributed by atoms with Crippen molar-refractivity contribution in [2.24, 2.45) is 7.05 Å². The second kappa shape index (κ2) is 7.09. The van der Waals surface area contributed by atoms with Gasteiger partial charge in [-0.2, -0.15) is 0 Å². The molecule has 0 bridgehead atoms. The van der Waals surface area contributed by atoms with E-state index < -0.39 is 0 Å². The molecule has 0 aliphatic carbocycles. The molecule has 1 amide bonds. The summed E-state index contributed by atoms with van der Waals surface area (Å²) < 4.78 is 2.10. The number of rotatable bonds is 3. The first-order chi connectivity index (χ1) is 12.6. The average Bonchev–Trinajstić information content (AvgIpc) is 3.31. The number of imidazole rings is 1. The van der Waals surface area contributed by atoms with E-state index in [-0.39, 0.29) is 5.91 Å². The molecule has 138 valence electrons. The Kier molecular flexibility index (Phi) is 4.66. The summed E-state index contributed by atoms with van der Waals surface area (Å²) in [5.41, 5.74) is 1.79. The molecule has 26 heavy (non-hydrogen) atoms. The van der Waals surface area contributed by atoms with E-state index in [1.165, 1.54) is 12.8 Å². The summed E-state index contributed by atoms with van der Waals surface area (Å²) in [6.07, 6.45) is 8.34. The van der Waals surface area contributed by atoms with Crippen molar-refractivity contribution in [3.8, 4) is 0 Å². The molecule has 0 saturated carbocycles. The molecule has 2 fully saturated rings. The third-order valence-corrected chi connectivity index (χ3v) is 5.53. The van der Waals surface area contributed by atoms with E-state index in [4.69, 9.17) is 0 Å². The van der Waals surface area contributed by atoms with Crippen molar-refractivity contribution in [3.05, 3.63) is 41.6 Å². The second-order valence-electron chi connectivity index (χ2n) is 7.54. The van der Waals surface area contributed by atoms with Gasteiger partial charge in [-0.1, -0.05) is 0 Å². The molecule has 0 spiro atoms. The zero-order chi connectivity index (χ0) is 18.1. The van der Waals surface area contributed by atoms with Gasteiger partial charge in [0.1, 0.15) is 11.6 Å². The number of pyridine rings is 1. The van der Waals surface area contributed by atoms with Gasteiger partial charge in [0.2, 0.25) is 0 Å². The van der Waals surface area contributed by atoms with Gasteiger partial charge < -0.3 is 14.4 Å². The van der Waals surface area contributed by atoms with Crippen LogP contribution in [0.2, 0.25) is 0 Å². The number of anilines is 1. The predicted octanol–water partition coefficient (Wildman–Crippen LogP) is 2.74. The third kappa shape index (κ3) is 3.32. The van der Waals surface area contributed by atoms with Crippen molar-refractivity contribution in [2.75, 3.05) is 31.1 Å². The first-order valence-electron chi connectivity index (χ1n) is 9.62. The van der Waals surface area contributed by atoms with E-state index in [0.717, 1.165) is 61.9 Å². The summed E-state index contributed by atoms with van der Waals surface area (Å²) in [4.78, 5) is 26.5. The number of aromatic nitrogens is 3. The lowest BCUT2D eigenvalue weighted by atomic mass is 9.96. The fraction of sp³-hybridized carbons (Fsp3) is 0.550. The molecule has 2 saturated heterocycles. The van der Waals surface area contributed by atoms with Crippen molar-refractivity contribution in [1.82, 2.24) is 19.4 Å². The molecule has 0 N–H and O–H groups in total. The van der Waals surface area contributed by atoms with Gasteiger partial charge in [0.25, 0.3) is 5.91 Å². The number of likely N-dealkylation sites (tertiary alicyclic amines) is 1. The fourth-order valence-electron chi connectivity index (χ4n) is 4.24. The normalized spacial score (nSPS) is 20.6.